The molecule has 2 heterocycles. The van der Waals surface area contributed by atoms with E-state index in [1.807, 2.05) is 13.2 Å². The summed E-state index contributed by atoms with van der Waals surface area (Å²) < 4.78 is 1.47. The van der Waals surface area contributed by atoms with Crippen molar-refractivity contribution in [2.45, 2.75) is 12.1 Å². The minimum absolute atomic E-state index is 0.145. The van der Waals surface area contributed by atoms with Crippen LogP contribution < -0.4 is 5.56 Å². The lowest BCUT2D eigenvalue weighted by molar-refractivity contribution is 0.0697. The van der Waals surface area contributed by atoms with Gasteiger partial charge < -0.3 is 5.11 Å². The first-order valence-electron chi connectivity index (χ1n) is 7.17. The molecule has 1 N–H and O–H groups in total. The fourth-order valence-electron chi connectivity index (χ4n) is 2.57. The summed E-state index contributed by atoms with van der Waals surface area (Å²) in [6.45, 7) is 1.85. The number of aromatic nitrogens is 3. The van der Waals surface area contributed by atoms with Gasteiger partial charge in [0.2, 0.25) is 0 Å². The second-order valence-electron chi connectivity index (χ2n) is 5.39. The third kappa shape index (κ3) is 2.67. The van der Waals surface area contributed by atoms with Crippen LogP contribution >= 0.6 is 11.8 Å². The predicted molar refractivity (Wildman–Crippen MR) is 93.7 cm³/mol. The Morgan fingerprint density at radius 3 is 2.67 bits per heavy atom. The third-order valence-electron chi connectivity index (χ3n) is 3.88. The Bertz CT molecular complexity index is 1030. The minimum atomic E-state index is -1.03. The smallest absolute Gasteiger partial charge is 0.335 e. The Labute approximate surface area is 142 Å². The van der Waals surface area contributed by atoms with Gasteiger partial charge in [0.1, 0.15) is 5.65 Å². The van der Waals surface area contributed by atoms with Gasteiger partial charge in [0.15, 0.2) is 5.16 Å². The second-order valence-corrected chi connectivity index (χ2v) is 6.17. The maximum absolute atomic E-state index is 12.8. The van der Waals surface area contributed by atoms with Crippen LogP contribution in [0.5, 0.6) is 0 Å². The van der Waals surface area contributed by atoms with E-state index in [1.165, 1.54) is 28.5 Å². The standard InChI is InChI=1S/C17H15N3O3S/c1-9-4-5-10(16(22)23)6-12(9)13-7-11-8-18-17(24-3)19-14(11)20(2)15(13)21/h4-8H,1-3H3,(H,22,23). The summed E-state index contributed by atoms with van der Waals surface area (Å²) in [6, 6.07) is 6.48. The molecule has 0 radical (unpaired) electrons. The molecular formula is C17H15N3O3S. The first-order chi connectivity index (χ1) is 11.4. The Balaban J connectivity index is 2.32. The van der Waals surface area contributed by atoms with E-state index < -0.39 is 5.97 Å². The Hall–Kier alpha value is -2.67. The fourth-order valence-corrected chi connectivity index (χ4v) is 2.90. The molecule has 0 aliphatic heterocycles. The number of nitrogens with zero attached hydrogens (tertiary/aromatic N) is 3. The Morgan fingerprint density at radius 2 is 2.00 bits per heavy atom. The van der Waals surface area contributed by atoms with Gasteiger partial charge in [-0.3, -0.25) is 9.36 Å². The molecule has 0 spiro atoms. The van der Waals surface area contributed by atoms with Gasteiger partial charge in [-0.25, -0.2) is 14.8 Å². The second kappa shape index (κ2) is 6.09. The fraction of sp³-hybridized carbons (Fsp3) is 0.176. The molecule has 2 aromatic heterocycles. The van der Waals surface area contributed by atoms with Crippen LogP contribution in [0.2, 0.25) is 0 Å². The zero-order chi connectivity index (χ0) is 17.4. The molecule has 0 atom stereocenters. The highest BCUT2D eigenvalue weighted by Gasteiger charge is 2.14. The normalized spacial score (nSPS) is 11.0. The number of thioether (sulfide) groups is 1. The number of pyridine rings is 1. The molecule has 3 aromatic rings. The Kier molecular flexibility index (Phi) is 4.11. The van der Waals surface area contributed by atoms with Crippen molar-refractivity contribution in [3.05, 3.63) is 51.9 Å². The maximum Gasteiger partial charge on any atom is 0.335 e. The van der Waals surface area contributed by atoms with Crippen molar-refractivity contribution < 1.29 is 9.90 Å². The zero-order valence-corrected chi connectivity index (χ0v) is 14.2. The van der Waals surface area contributed by atoms with Crippen LogP contribution in [-0.4, -0.2) is 31.9 Å². The van der Waals surface area contributed by atoms with Crippen LogP contribution in [0.15, 0.2) is 40.4 Å². The largest absolute Gasteiger partial charge is 0.478 e. The van der Waals surface area contributed by atoms with E-state index >= 15 is 0 Å². The zero-order valence-electron chi connectivity index (χ0n) is 13.4. The van der Waals surface area contributed by atoms with Crippen LogP contribution in [0, 0.1) is 6.92 Å². The number of carbonyl (C=O) groups is 1. The summed E-state index contributed by atoms with van der Waals surface area (Å²) >= 11 is 1.40. The summed E-state index contributed by atoms with van der Waals surface area (Å²) in [5.41, 5.74) is 2.34. The minimum Gasteiger partial charge on any atom is -0.478 e. The highest BCUT2D eigenvalue weighted by molar-refractivity contribution is 7.98. The van der Waals surface area contributed by atoms with Crippen LogP contribution in [0.4, 0.5) is 0 Å². The van der Waals surface area contributed by atoms with E-state index in [4.69, 9.17) is 0 Å². The van der Waals surface area contributed by atoms with Crippen LogP contribution in [0.1, 0.15) is 15.9 Å². The molecule has 0 aliphatic rings. The summed E-state index contributed by atoms with van der Waals surface area (Å²) in [5.74, 6) is -1.03. The predicted octanol–water partition coefficient (Wildman–Crippen LogP) is 2.72. The molecule has 7 heteroatoms. The van der Waals surface area contributed by atoms with Crippen molar-refractivity contribution >= 4 is 28.8 Å². The van der Waals surface area contributed by atoms with Crippen molar-refractivity contribution in [3.8, 4) is 11.1 Å². The molecule has 0 fully saturated rings. The van der Waals surface area contributed by atoms with Gasteiger partial charge in [0, 0.05) is 24.2 Å². The molecule has 24 heavy (non-hydrogen) atoms. The van der Waals surface area contributed by atoms with Crippen molar-refractivity contribution in [1.29, 1.82) is 0 Å². The van der Waals surface area contributed by atoms with Gasteiger partial charge in [-0.1, -0.05) is 17.8 Å². The van der Waals surface area contributed by atoms with Gasteiger partial charge in [0.25, 0.3) is 5.56 Å². The quantitative estimate of drug-likeness (QED) is 0.582. The summed E-state index contributed by atoms with van der Waals surface area (Å²) in [7, 11) is 1.65. The van der Waals surface area contributed by atoms with E-state index in [-0.39, 0.29) is 11.1 Å². The molecule has 3 rings (SSSR count). The van der Waals surface area contributed by atoms with E-state index in [9.17, 15) is 14.7 Å². The first kappa shape index (κ1) is 16.2. The molecule has 0 amide bonds. The molecule has 1 aromatic carbocycles. The molecule has 122 valence electrons. The number of carboxylic acids is 1. The lowest BCUT2D eigenvalue weighted by atomic mass is 9.98. The highest BCUT2D eigenvalue weighted by Crippen LogP contribution is 2.25. The van der Waals surface area contributed by atoms with Gasteiger partial charge in [-0.15, -0.1) is 0 Å². The Morgan fingerprint density at radius 1 is 1.25 bits per heavy atom. The maximum atomic E-state index is 12.8. The number of fused-ring (bicyclic) bond motifs is 1. The van der Waals surface area contributed by atoms with E-state index in [1.54, 1.807) is 25.4 Å². The van der Waals surface area contributed by atoms with Crippen molar-refractivity contribution in [3.63, 3.8) is 0 Å². The summed E-state index contributed by atoms with van der Waals surface area (Å²) in [6.07, 6.45) is 3.54. The van der Waals surface area contributed by atoms with Crippen LogP contribution in [0.25, 0.3) is 22.2 Å². The third-order valence-corrected chi connectivity index (χ3v) is 4.45. The number of hydrogen-bond acceptors (Lipinski definition) is 5. The van der Waals surface area contributed by atoms with Gasteiger partial charge in [-0.2, -0.15) is 0 Å². The number of benzene rings is 1. The van der Waals surface area contributed by atoms with Crippen molar-refractivity contribution in [2.75, 3.05) is 6.26 Å². The first-order valence-corrected chi connectivity index (χ1v) is 8.40. The van der Waals surface area contributed by atoms with Gasteiger partial charge in [-0.05, 0) is 42.5 Å². The molecular weight excluding hydrogens is 326 g/mol. The number of hydrogen-bond donors (Lipinski definition) is 1. The topological polar surface area (TPSA) is 85.1 Å². The molecule has 0 unspecified atom stereocenters. The summed E-state index contributed by atoms with van der Waals surface area (Å²) in [5, 5.41) is 10.5. The average Bonchev–Trinajstić information content (AvgIpc) is 2.58. The van der Waals surface area contributed by atoms with E-state index in [2.05, 4.69) is 9.97 Å². The average molecular weight is 341 g/mol. The van der Waals surface area contributed by atoms with E-state index in [0.29, 0.717) is 21.9 Å². The molecule has 0 saturated heterocycles. The molecule has 0 bridgehead atoms. The molecule has 0 aliphatic carbocycles. The molecule has 0 saturated carbocycles. The van der Waals surface area contributed by atoms with Crippen molar-refractivity contribution in [1.82, 2.24) is 14.5 Å². The summed E-state index contributed by atoms with van der Waals surface area (Å²) in [4.78, 5) is 32.6. The highest BCUT2D eigenvalue weighted by atomic mass is 32.2. The lowest BCUT2D eigenvalue weighted by Crippen LogP contribution is -2.20. The van der Waals surface area contributed by atoms with E-state index in [0.717, 1.165) is 10.9 Å². The van der Waals surface area contributed by atoms with Crippen LogP contribution in [0.3, 0.4) is 0 Å². The van der Waals surface area contributed by atoms with Crippen LogP contribution in [-0.2, 0) is 7.05 Å². The van der Waals surface area contributed by atoms with Gasteiger partial charge in [0.05, 0.1) is 5.56 Å². The number of rotatable bonds is 3. The van der Waals surface area contributed by atoms with Gasteiger partial charge >= 0.3 is 5.97 Å². The van der Waals surface area contributed by atoms with Crippen molar-refractivity contribution in [2.24, 2.45) is 7.05 Å². The molecule has 6 nitrogen and oxygen atoms in total. The number of aryl methyl sites for hydroxylation is 2. The number of carboxylic acid groups (broad SMARTS) is 1. The SMILES string of the molecule is CSc1ncc2cc(-c3cc(C(=O)O)ccc3C)c(=O)n(C)c2n1. The number of aromatic carboxylic acids is 1. The lowest BCUT2D eigenvalue weighted by Gasteiger charge is -2.11. The monoisotopic (exact) mass is 341 g/mol.